The molecule has 1 heterocycles. The predicted molar refractivity (Wildman–Crippen MR) is 65.9 cm³/mol. The van der Waals surface area contributed by atoms with Gasteiger partial charge in [-0.05, 0) is 24.5 Å². The van der Waals surface area contributed by atoms with Gasteiger partial charge in [0.1, 0.15) is 11.7 Å². The van der Waals surface area contributed by atoms with Crippen molar-refractivity contribution in [1.82, 2.24) is 10.3 Å². The number of rotatable bonds is 3. The van der Waals surface area contributed by atoms with Crippen molar-refractivity contribution in [1.29, 1.82) is 5.26 Å². The molecular weight excluding hydrogens is 238 g/mol. The highest BCUT2D eigenvalue weighted by molar-refractivity contribution is 6.31. The van der Waals surface area contributed by atoms with E-state index in [1.165, 1.54) is 6.07 Å². The first-order valence-corrected chi connectivity index (χ1v) is 5.69. The highest BCUT2D eigenvalue weighted by Gasteiger charge is 2.13. The molecule has 17 heavy (non-hydrogen) atoms. The van der Waals surface area contributed by atoms with Crippen LogP contribution in [0.15, 0.2) is 12.3 Å². The van der Waals surface area contributed by atoms with Gasteiger partial charge in [0.05, 0.1) is 6.07 Å². The molecule has 0 aliphatic rings. The summed E-state index contributed by atoms with van der Waals surface area (Å²) in [5.41, 5.74) is 1.12. The van der Waals surface area contributed by atoms with Crippen molar-refractivity contribution in [3.8, 4) is 6.07 Å². The molecule has 90 valence electrons. The average molecular weight is 252 g/mol. The Bertz CT molecular complexity index is 465. The number of amides is 1. The predicted octanol–water partition coefficient (Wildman–Crippen LogP) is 2.50. The van der Waals surface area contributed by atoms with Gasteiger partial charge in [0.15, 0.2) is 0 Å². The van der Waals surface area contributed by atoms with Gasteiger partial charge in [-0.15, -0.1) is 0 Å². The number of pyridine rings is 1. The van der Waals surface area contributed by atoms with Crippen molar-refractivity contribution < 1.29 is 4.79 Å². The molecule has 0 unspecified atom stereocenters. The lowest BCUT2D eigenvalue weighted by molar-refractivity contribution is 0.0943. The molecule has 1 aromatic rings. The maximum atomic E-state index is 11.7. The summed E-state index contributed by atoms with van der Waals surface area (Å²) in [7, 11) is 0. The molecule has 0 spiro atoms. The monoisotopic (exact) mass is 251 g/mol. The van der Waals surface area contributed by atoms with Crippen molar-refractivity contribution in [3.05, 3.63) is 28.5 Å². The minimum atomic E-state index is -0.548. The fourth-order valence-corrected chi connectivity index (χ4v) is 1.66. The molecule has 0 aromatic carbocycles. The lowest BCUT2D eigenvalue weighted by Gasteiger charge is -2.10. The molecule has 0 radical (unpaired) electrons. The van der Waals surface area contributed by atoms with Gasteiger partial charge >= 0.3 is 0 Å². The van der Waals surface area contributed by atoms with Crippen LogP contribution in [0.3, 0.4) is 0 Å². The number of aromatic nitrogens is 1. The van der Waals surface area contributed by atoms with Gasteiger partial charge in [0, 0.05) is 11.2 Å². The van der Waals surface area contributed by atoms with Crippen molar-refractivity contribution in [2.75, 3.05) is 0 Å². The first-order valence-electron chi connectivity index (χ1n) is 5.31. The number of nitrogens with one attached hydrogen (secondary N) is 1. The van der Waals surface area contributed by atoms with E-state index < -0.39 is 11.9 Å². The van der Waals surface area contributed by atoms with E-state index in [-0.39, 0.29) is 11.6 Å². The second kappa shape index (κ2) is 5.65. The van der Waals surface area contributed by atoms with Crippen LogP contribution in [0.4, 0.5) is 0 Å². The molecule has 0 saturated heterocycles. The second-order valence-electron chi connectivity index (χ2n) is 4.07. The maximum absolute atomic E-state index is 11.7. The Balaban J connectivity index is 2.91. The number of halogens is 1. The van der Waals surface area contributed by atoms with E-state index in [1.807, 2.05) is 19.9 Å². The highest BCUT2D eigenvalue weighted by Crippen LogP contribution is 2.23. The molecule has 4 nitrogen and oxygen atoms in total. The molecule has 1 amide bonds. The summed E-state index contributed by atoms with van der Waals surface area (Å²) in [6, 6.07) is 2.89. The summed E-state index contributed by atoms with van der Waals surface area (Å²) in [6.45, 7) is 5.60. The molecule has 0 saturated carbocycles. The molecule has 5 heteroatoms. The first kappa shape index (κ1) is 13.5. The van der Waals surface area contributed by atoms with Crippen molar-refractivity contribution in [3.63, 3.8) is 0 Å². The summed E-state index contributed by atoms with van der Waals surface area (Å²) < 4.78 is 0. The van der Waals surface area contributed by atoms with Crippen LogP contribution >= 0.6 is 11.6 Å². The Morgan fingerprint density at radius 3 is 2.65 bits per heavy atom. The lowest BCUT2D eigenvalue weighted by atomic mass is 10.1. The van der Waals surface area contributed by atoms with Gasteiger partial charge in [-0.1, -0.05) is 25.4 Å². The number of carbonyl (C=O) groups excluding carboxylic acids is 1. The summed E-state index contributed by atoms with van der Waals surface area (Å²) >= 11 is 6.05. The van der Waals surface area contributed by atoms with E-state index in [2.05, 4.69) is 10.3 Å². The van der Waals surface area contributed by atoms with Crippen molar-refractivity contribution in [2.45, 2.75) is 32.7 Å². The molecule has 0 bridgehead atoms. The van der Waals surface area contributed by atoms with Crippen LogP contribution in [0.2, 0.25) is 5.02 Å². The number of carbonyl (C=O) groups is 1. The van der Waals surface area contributed by atoms with Crippen LogP contribution in [0.1, 0.15) is 42.7 Å². The number of nitrogens with zero attached hydrogens (tertiary/aromatic N) is 2. The van der Waals surface area contributed by atoms with Gasteiger partial charge < -0.3 is 5.32 Å². The fraction of sp³-hybridized carbons (Fsp3) is 0.417. The number of hydrogen-bond donors (Lipinski definition) is 1. The molecule has 1 rings (SSSR count). The van der Waals surface area contributed by atoms with Gasteiger partial charge in [0.2, 0.25) is 0 Å². The first-order chi connectivity index (χ1) is 7.95. The Labute approximate surface area is 106 Å². The van der Waals surface area contributed by atoms with Crippen molar-refractivity contribution >= 4 is 17.5 Å². The van der Waals surface area contributed by atoms with Gasteiger partial charge in [-0.25, -0.2) is 0 Å². The minimum absolute atomic E-state index is 0.224. The molecule has 0 fully saturated rings. The smallest absolute Gasteiger partial charge is 0.270 e. The average Bonchev–Trinajstić information content (AvgIpc) is 2.28. The Hall–Kier alpha value is -1.60. The molecular formula is C12H14ClN3O. The zero-order valence-electron chi connectivity index (χ0n) is 9.99. The zero-order valence-corrected chi connectivity index (χ0v) is 10.7. The van der Waals surface area contributed by atoms with Gasteiger partial charge in [0.25, 0.3) is 5.91 Å². The molecule has 0 aliphatic heterocycles. The summed E-state index contributed by atoms with van der Waals surface area (Å²) in [5.74, 6) is -0.138. The molecule has 1 atom stereocenters. The largest absolute Gasteiger partial charge is 0.335 e. The van der Waals surface area contributed by atoms with E-state index in [4.69, 9.17) is 16.9 Å². The third-order valence-electron chi connectivity index (χ3n) is 2.28. The standard InChI is InChI=1S/C12H14ClN3O/c1-7(2)9-6-15-11(4-10(9)13)12(17)16-8(3)5-14/h4,6-8H,1-3H3,(H,16,17)/t8-/m0/s1. The molecule has 1 aromatic heterocycles. The summed E-state index contributed by atoms with van der Waals surface area (Å²) in [6.07, 6.45) is 1.60. The quantitative estimate of drug-likeness (QED) is 0.898. The van der Waals surface area contributed by atoms with E-state index in [9.17, 15) is 4.79 Å². The number of nitriles is 1. The van der Waals surface area contributed by atoms with Crippen LogP contribution < -0.4 is 5.32 Å². The van der Waals surface area contributed by atoms with Crippen LogP contribution in [-0.2, 0) is 0 Å². The third kappa shape index (κ3) is 3.43. The fourth-order valence-electron chi connectivity index (χ4n) is 1.29. The van der Waals surface area contributed by atoms with Gasteiger partial charge in [-0.2, -0.15) is 5.26 Å². The van der Waals surface area contributed by atoms with E-state index in [0.717, 1.165) is 5.56 Å². The molecule has 0 aliphatic carbocycles. The highest BCUT2D eigenvalue weighted by atomic mass is 35.5. The topological polar surface area (TPSA) is 65.8 Å². The SMILES string of the molecule is CC(C)c1cnc(C(=O)N[C@@H](C)C#N)cc1Cl. The summed E-state index contributed by atoms with van der Waals surface area (Å²) in [5, 5.41) is 11.6. The minimum Gasteiger partial charge on any atom is -0.335 e. The normalized spacial score (nSPS) is 12.0. The van der Waals surface area contributed by atoms with Gasteiger partial charge in [-0.3, -0.25) is 9.78 Å². The Morgan fingerprint density at radius 1 is 1.53 bits per heavy atom. The third-order valence-corrected chi connectivity index (χ3v) is 2.61. The van der Waals surface area contributed by atoms with Crippen LogP contribution in [0.5, 0.6) is 0 Å². The van der Waals surface area contributed by atoms with Crippen molar-refractivity contribution in [2.24, 2.45) is 0 Å². The summed E-state index contributed by atoms with van der Waals surface area (Å²) in [4.78, 5) is 15.7. The van der Waals surface area contributed by atoms with E-state index in [1.54, 1.807) is 13.1 Å². The van der Waals surface area contributed by atoms with Crippen LogP contribution in [0, 0.1) is 11.3 Å². The molecule has 1 N–H and O–H groups in total. The second-order valence-corrected chi connectivity index (χ2v) is 4.48. The van der Waals surface area contributed by atoms with E-state index in [0.29, 0.717) is 5.02 Å². The number of hydrogen-bond acceptors (Lipinski definition) is 3. The maximum Gasteiger partial charge on any atom is 0.270 e. The lowest BCUT2D eigenvalue weighted by Crippen LogP contribution is -2.31. The zero-order chi connectivity index (χ0) is 13.0. The van der Waals surface area contributed by atoms with Crippen LogP contribution in [-0.4, -0.2) is 16.9 Å². The Morgan fingerprint density at radius 2 is 2.18 bits per heavy atom. The Kier molecular flexibility index (Phi) is 4.47. The van der Waals surface area contributed by atoms with Crippen LogP contribution in [0.25, 0.3) is 0 Å². The van der Waals surface area contributed by atoms with E-state index >= 15 is 0 Å².